The SMILES string of the molecule is O=C(NC1CCN(Cc2ccccc2)CC1)C1CCN(c2nc3ccccc3n2Cc2ccc(F)cc2)CC1.O=C(O)C(F)(F)F. The zero-order chi connectivity index (χ0) is 32.7. The van der Waals surface area contributed by atoms with Crippen LogP contribution >= 0.6 is 0 Å². The summed E-state index contributed by atoms with van der Waals surface area (Å²) in [5.41, 5.74) is 4.39. The fourth-order valence-electron chi connectivity index (χ4n) is 5.97. The van der Waals surface area contributed by atoms with Gasteiger partial charge in [0.1, 0.15) is 5.82 Å². The summed E-state index contributed by atoms with van der Waals surface area (Å²) in [6.07, 6.45) is -1.44. The molecule has 1 amide bonds. The maximum absolute atomic E-state index is 13.5. The minimum absolute atomic E-state index is 0.0403. The summed E-state index contributed by atoms with van der Waals surface area (Å²) in [6, 6.07) is 25.7. The number of anilines is 1. The van der Waals surface area contributed by atoms with E-state index in [1.54, 1.807) is 0 Å². The number of carbonyl (C=O) groups is 2. The summed E-state index contributed by atoms with van der Waals surface area (Å²) in [6.45, 7) is 5.22. The van der Waals surface area contributed by atoms with Crippen LogP contribution in [0.2, 0.25) is 0 Å². The Kier molecular flexibility index (Phi) is 10.6. The van der Waals surface area contributed by atoms with Crippen LogP contribution in [0.15, 0.2) is 78.9 Å². The molecule has 3 heterocycles. The quantitative estimate of drug-likeness (QED) is 0.247. The summed E-state index contributed by atoms with van der Waals surface area (Å²) >= 11 is 0. The Labute approximate surface area is 264 Å². The first-order valence-electron chi connectivity index (χ1n) is 15.4. The standard InChI is InChI=1S/C32H36FN5O.C2HF3O2/c33-27-12-10-25(11-13-27)23-38-30-9-5-4-8-29(30)35-32(38)37-20-14-26(15-21-37)31(39)34-28-16-18-36(19-17-28)22-24-6-2-1-3-7-24;3-2(4,5)1(6)7/h1-13,26,28H,14-23H2,(H,34,39);(H,6,7). The number of amides is 1. The lowest BCUT2D eigenvalue weighted by molar-refractivity contribution is -0.192. The van der Waals surface area contributed by atoms with Gasteiger partial charge in [0, 0.05) is 44.7 Å². The van der Waals surface area contributed by atoms with E-state index in [4.69, 9.17) is 14.9 Å². The highest BCUT2D eigenvalue weighted by atomic mass is 19.4. The van der Waals surface area contributed by atoms with E-state index in [-0.39, 0.29) is 23.7 Å². The Morgan fingerprint density at radius 2 is 1.39 bits per heavy atom. The van der Waals surface area contributed by atoms with E-state index in [9.17, 15) is 22.4 Å². The zero-order valence-corrected chi connectivity index (χ0v) is 25.3. The number of hydrogen-bond donors (Lipinski definition) is 2. The average molecular weight is 640 g/mol. The number of nitrogens with one attached hydrogen (secondary N) is 1. The number of benzene rings is 3. The second-order valence-corrected chi connectivity index (χ2v) is 11.7. The van der Waals surface area contributed by atoms with Gasteiger partial charge in [-0.15, -0.1) is 0 Å². The summed E-state index contributed by atoms with van der Waals surface area (Å²) in [7, 11) is 0. The molecule has 2 N–H and O–H groups in total. The molecule has 1 aromatic heterocycles. The van der Waals surface area contributed by atoms with Gasteiger partial charge in [-0.05, 0) is 61.1 Å². The minimum atomic E-state index is -5.08. The van der Waals surface area contributed by atoms with Crippen LogP contribution in [0.5, 0.6) is 0 Å². The van der Waals surface area contributed by atoms with Crippen molar-refractivity contribution in [1.29, 1.82) is 0 Å². The number of alkyl halides is 3. The number of nitrogens with zero attached hydrogens (tertiary/aromatic N) is 4. The van der Waals surface area contributed by atoms with E-state index in [1.807, 2.05) is 30.3 Å². The fraction of sp³-hybridized carbons (Fsp3) is 0.382. The highest BCUT2D eigenvalue weighted by molar-refractivity contribution is 5.80. The minimum Gasteiger partial charge on any atom is -0.475 e. The van der Waals surface area contributed by atoms with Crippen molar-refractivity contribution >= 4 is 28.9 Å². The van der Waals surface area contributed by atoms with Gasteiger partial charge in [0.05, 0.1) is 17.6 Å². The summed E-state index contributed by atoms with van der Waals surface area (Å²) in [5.74, 6) is -1.82. The maximum atomic E-state index is 13.5. The number of fused-ring (bicyclic) bond motifs is 1. The number of carbonyl (C=O) groups excluding carboxylic acids is 1. The predicted molar refractivity (Wildman–Crippen MR) is 167 cm³/mol. The number of likely N-dealkylation sites (tertiary alicyclic amines) is 1. The molecule has 0 atom stereocenters. The molecule has 2 aliphatic rings. The van der Waals surface area contributed by atoms with Gasteiger partial charge in [-0.2, -0.15) is 13.2 Å². The molecule has 12 heteroatoms. The van der Waals surface area contributed by atoms with E-state index in [2.05, 4.69) is 56.1 Å². The van der Waals surface area contributed by atoms with Crippen molar-refractivity contribution in [3.8, 4) is 0 Å². The van der Waals surface area contributed by atoms with Crippen LogP contribution in [0.25, 0.3) is 11.0 Å². The Morgan fingerprint density at radius 1 is 0.804 bits per heavy atom. The van der Waals surface area contributed by atoms with Crippen molar-refractivity contribution in [1.82, 2.24) is 19.8 Å². The maximum Gasteiger partial charge on any atom is 0.490 e. The molecule has 46 heavy (non-hydrogen) atoms. The number of aliphatic carboxylic acids is 1. The largest absolute Gasteiger partial charge is 0.490 e. The van der Waals surface area contributed by atoms with Crippen LogP contribution < -0.4 is 10.2 Å². The number of imidazole rings is 1. The number of halogens is 4. The van der Waals surface area contributed by atoms with E-state index in [1.165, 1.54) is 17.7 Å². The van der Waals surface area contributed by atoms with Gasteiger partial charge in [0.2, 0.25) is 11.9 Å². The Morgan fingerprint density at radius 3 is 2.02 bits per heavy atom. The Hall–Kier alpha value is -4.45. The van der Waals surface area contributed by atoms with Crippen LogP contribution in [-0.2, 0) is 22.7 Å². The smallest absolute Gasteiger partial charge is 0.475 e. The molecule has 8 nitrogen and oxygen atoms in total. The van der Waals surface area contributed by atoms with Gasteiger partial charge < -0.3 is 19.9 Å². The normalized spacial score (nSPS) is 16.6. The molecule has 0 unspecified atom stereocenters. The Balaban J connectivity index is 0.000000537. The van der Waals surface area contributed by atoms with E-state index in [0.29, 0.717) is 6.54 Å². The number of carboxylic acid groups (broad SMARTS) is 1. The lowest BCUT2D eigenvalue weighted by atomic mass is 9.94. The monoisotopic (exact) mass is 639 g/mol. The summed E-state index contributed by atoms with van der Waals surface area (Å²) in [5, 5.41) is 10.5. The van der Waals surface area contributed by atoms with E-state index >= 15 is 0 Å². The molecule has 3 aromatic carbocycles. The van der Waals surface area contributed by atoms with Crippen molar-refractivity contribution in [2.45, 2.75) is 51.0 Å². The lowest BCUT2D eigenvalue weighted by Crippen LogP contribution is -2.48. The third-order valence-corrected chi connectivity index (χ3v) is 8.46. The van der Waals surface area contributed by atoms with Crippen LogP contribution in [-0.4, -0.2) is 69.8 Å². The Bertz CT molecular complexity index is 1590. The number of para-hydroxylation sites is 2. The van der Waals surface area contributed by atoms with Gasteiger partial charge in [0.15, 0.2) is 0 Å². The van der Waals surface area contributed by atoms with Gasteiger partial charge >= 0.3 is 12.1 Å². The molecular weight excluding hydrogens is 602 g/mol. The molecular formula is C34H37F4N5O3. The molecule has 0 aliphatic carbocycles. The van der Waals surface area contributed by atoms with Gasteiger partial charge in [-0.1, -0.05) is 54.6 Å². The van der Waals surface area contributed by atoms with E-state index in [0.717, 1.165) is 81.0 Å². The van der Waals surface area contributed by atoms with Crippen LogP contribution in [0.4, 0.5) is 23.5 Å². The second-order valence-electron chi connectivity index (χ2n) is 11.7. The summed E-state index contributed by atoms with van der Waals surface area (Å²) < 4.78 is 47.4. The highest BCUT2D eigenvalue weighted by Gasteiger charge is 2.38. The van der Waals surface area contributed by atoms with Crippen molar-refractivity contribution in [2.75, 3.05) is 31.1 Å². The first-order valence-corrected chi connectivity index (χ1v) is 15.4. The molecule has 2 saturated heterocycles. The first kappa shape index (κ1) is 32.9. The van der Waals surface area contributed by atoms with Gasteiger partial charge in [-0.25, -0.2) is 14.2 Å². The van der Waals surface area contributed by atoms with Gasteiger partial charge in [-0.3, -0.25) is 9.69 Å². The van der Waals surface area contributed by atoms with E-state index < -0.39 is 12.1 Å². The first-order chi connectivity index (χ1) is 22.1. The van der Waals surface area contributed by atoms with Crippen molar-refractivity contribution in [3.05, 3.63) is 95.8 Å². The molecule has 2 fully saturated rings. The number of carboxylic acids is 1. The number of rotatable bonds is 7. The van der Waals surface area contributed by atoms with Crippen LogP contribution in [0, 0.1) is 11.7 Å². The topological polar surface area (TPSA) is 90.7 Å². The van der Waals surface area contributed by atoms with Crippen LogP contribution in [0.3, 0.4) is 0 Å². The van der Waals surface area contributed by atoms with Gasteiger partial charge in [0.25, 0.3) is 0 Å². The van der Waals surface area contributed by atoms with Crippen LogP contribution in [0.1, 0.15) is 36.8 Å². The molecule has 6 rings (SSSR count). The zero-order valence-electron chi connectivity index (χ0n) is 25.3. The third-order valence-electron chi connectivity index (χ3n) is 8.46. The molecule has 0 radical (unpaired) electrons. The second kappa shape index (κ2) is 14.8. The fourth-order valence-corrected chi connectivity index (χ4v) is 5.97. The average Bonchev–Trinajstić information content (AvgIpc) is 3.41. The van der Waals surface area contributed by atoms with Crippen molar-refractivity contribution in [3.63, 3.8) is 0 Å². The third kappa shape index (κ3) is 8.63. The molecule has 4 aromatic rings. The molecule has 244 valence electrons. The number of hydrogen-bond acceptors (Lipinski definition) is 5. The number of piperidine rings is 2. The molecule has 0 saturated carbocycles. The summed E-state index contributed by atoms with van der Waals surface area (Å²) in [4.78, 5) is 31.8. The highest BCUT2D eigenvalue weighted by Crippen LogP contribution is 2.28. The molecule has 2 aliphatic heterocycles. The number of aromatic nitrogens is 2. The molecule has 0 spiro atoms. The predicted octanol–water partition coefficient (Wildman–Crippen LogP) is 5.85. The van der Waals surface area contributed by atoms with Crippen molar-refractivity contribution < 1.29 is 32.3 Å². The van der Waals surface area contributed by atoms with Crippen molar-refractivity contribution in [2.24, 2.45) is 5.92 Å². The molecule has 0 bridgehead atoms. The lowest BCUT2D eigenvalue weighted by Gasteiger charge is -2.35.